The van der Waals surface area contributed by atoms with Crippen molar-refractivity contribution in [2.75, 3.05) is 27.2 Å². The Morgan fingerprint density at radius 3 is 2.81 bits per heavy atom. The summed E-state index contributed by atoms with van der Waals surface area (Å²) in [5.74, 6) is 0.888. The average molecular weight is 315 g/mol. The maximum atomic E-state index is 12.2. The molecule has 1 aliphatic rings. The summed E-state index contributed by atoms with van der Waals surface area (Å²) in [6.07, 6.45) is 0.839. The summed E-state index contributed by atoms with van der Waals surface area (Å²) >= 11 is 0. The molecule has 1 fully saturated rings. The van der Waals surface area contributed by atoms with Crippen molar-refractivity contribution in [2.45, 2.75) is 25.0 Å². The van der Waals surface area contributed by atoms with E-state index >= 15 is 0 Å². The van der Waals surface area contributed by atoms with E-state index in [1.807, 2.05) is 24.3 Å². The van der Waals surface area contributed by atoms with E-state index in [1.165, 1.54) is 0 Å². The minimum absolute atomic E-state index is 0. The second-order valence-electron chi connectivity index (χ2n) is 5.17. The maximum absolute atomic E-state index is 12.2. The Morgan fingerprint density at radius 1 is 1.48 bits per heavy atom. The Morgan fingerprint density at radius 2 is 2.19 bits per heavy atom. The standard InChI is InChI=1S/C15H22N2O3.ClH/c1-17(15(19)13-9-12(18)10-16-13)8-7-11-5-3-4-6-14(11)20-2;/h3-6,12-13,16,18H,7-10H2,1-2H3;1H. The third kappa shape index (κ3) is 4.59. The van der Waals surface area contributed by atoms with Crippen LogP contribution < -0.4 is 10.1 Å². The zero-order valence-electron chi connectivity index (χ0n) is 12.4. The maximum Gasteiger partial charge on any atom is 0.239 e. The molecular weight excluding hydrogens is 292 g/mol. The second-order valence-corrected chi connectivity index (χ2v) is 5.17. The average Bonchev–Trinajstić information content (AvgIpc) is 2.90. The summed E-state index contributed by atoms with van der Waals surface area (Å²) < 4.78 is 5.30. The molecule has 2 unspecified atom stereocenters. The van der Waals surface area contributed by atoms with Crippen LogP contribution >= 0.6 is 12.4 Å². The molecule has 2 atom stereocenters. The molecule has 0 spiro atoms. The van der Waals surface area contributed by atoms with Gasteiger partial charge in [0.25, 0.3) is 0 Å². The zero-order chi connectivity index (χ0) is 14.5. The molecule has 0 bridgehead atoms. The first kappa shape index (κ1) is 17.8. The van der Waals surface area contributed by atoms with Gasteiger partial charge in [0.2, 0.25) is 5.91 Å². The molecular formula is C15H23ClN2O3. The summed E-state index contributed by atoms with van der Waals surface area (Å²) in [5.41, 5.74) is 1.09. The lowest BCUT2D eigenvalue weighted by Gasteiger charge is -2.21. The van der Waals surface area contributed by atoms with Crippen LogP contribution in [0.25, 0.3) is 0 Å². The predicted molar refractivity (Wildman–Crippen MR) is 84.0 cm³/mol. The predicted octanol–water partition coefficient (Wildman–Crippen LogP) is 0.841. The number of rotatable bonds is 5. The lowest BCUT2D eigenvalue weighted by molar-refractivity contribution is -0.131. The highest BCUT2D eigenvalue weighted by Gasteiger charge is 2.29. The van der Waals surface area contributed by atoms with E-state index in [1.54, 1.807) is 19.1 Å². The van der Waals surface area contributed by atoms with Gasteiger partial charge in [-0.25, -0.2) is 0 Å². The van der Waals surface area contributed by atoms with Crippen molar-refractivity contribution in [3.8, 4) is 5.75 Å². The minimum atomic E-state index is -0.411. The van der Waals surface area contributed by atoms with Crippen LogP contribution in [0.4, 0.5) is 0 Å². The number of amides is 1. The number of nitrogens with one attached hydrogen (secondary N) is 1. The Hall–Kier alpha value is -1.30. The van der Waals surface area contributed by atoms with Crippen LogP contribution in [0.2, 0.25) is 0 Å². The van der Waals surface area contributed by atoms with Gasteiger partial charge in [-0.3, -0.25) is 4.79 Å². The van der Waals surface area contributed by atoms with Gasteiger partial charge in [-0.05, 0) is 24.5 Å². The highest BCUT2D eigenvalue weighted by atomic mass is 35.5. The lowest BCUT2D eigenvalue weighted by atomic mass is 10.1. The number of ether oxygens (including phenoxy) is 1. The molecule has 5 nitrogen and oxygen atoms in total. The van der Waals surface area contributed by atoms with E-state index in [0.29, 0.717) is 19.5 Å². The lowest BCUT2D eigenvalue weighted by Crippen LogP contribution is -2.42. The summed E-state index contributed by atoms with van der Waals surface area (Å²) in [7, 11) is 3.45. The van der Waals surface area contributed by atoms with Gasteiger partial charge in [-0.15, -0.1) is 12.4 Å². The van der Waals surface area contributed by atoms with Crippen LogP contribution in [-0.2, 0) is 11.2 Å². The van der Waals surface area contributed by atoms with Crippen LogP contribution in [0.15, 0.2) is 24.3 Å². The Balaban J connectivity index is 0.00000220. The smallest absolute Gasteiger partial charge is 0.239 e. The second kappa shape index (κ2) is 8.22. The Labute approximate surface area is 131 Å². The molecule has 118 valence electrons. The number of aliphatic hydroxyl groups excluding tert-OH is 1. The largest absolute Gasteiger partial charge is 0.496 e. The number of para-hydroxylation sites is 1. The number of hydrogen-bond acceptors (Lipinski definition) is 4. The van der Waals surface area contributed by atoms with Gasteiger partial charge in [0, 0.05) is 20.1 Å². The van der Waals surface area contributed by atoms with Crippen molar-refractivity contribution in [3.63, 3.8) is 0 Å². The van der Waals surface area contributed by atoms with E-state index in [0.717, 1.165) is 17.7 Å². The quantitative estimate of drug-likeness (QED) is 0.845. The monoisotopic (exact) mass is 314 g/mol. The van der Waals surface area contributed by atoms with Gasteiger partial charge in [-0.1, -0.05) is 18.2 Å². The van der Waals surface area contributed by atoms with Crippen molar-refractivity contribution < 1.29 is 14.6 Å². The topological polar surface area (TPSA) is 61.8 Å². The van der Waals surface area contributed by atoms with Crippen LogP contribution in [-0.4, -0.2) is 55.3 Å². The molecule has 0 radical (unpaired) electrons. The number of carbonyl (C=O) groups excluding carboxylic acids is 1. The molecule has 1 saturated heterocycles. The summed E-state index contributed by atoms with van der Waals surface area (Å²) in [6.45, 7) is 1.13. The molecule has 1 aromatic rings. The molecule has 2 N–H and O–H groups in total. The van der Waals surface area contributed by atoms with Gasteiger partial charge in [0.05, 0.1) is 19.3 Å². The van der Waals surface area contributed by atoms with Crippen LogP contribution in [0, 0.1) is 0 Å². The molecule has 1 aliphatic heterocycles. The number of methoxy groups -OCH3 is 1. The fraction of sp³-hybridized carbons (Fsp3) is 0.533. The number of nitrogens with zero attached hydrogens (tertiary/aromatic N) is 1. The minimum Gasteiger partial charge on any atom is -0.496 e. The summed E-state index contributed by atoms with van der Waals surface area (Å²) in [4.78, 5) is 13.9. The summed E-state index contributed by atoms with van der Waals surface area (Å²) in [6, 6.07) is 7.57. The SMILES string of the molecule is COc1ccccc1CCN(C)C(=O)C1CC(O)CN1.Cl. The van der Waals surface area contributed by atoms with Crippen molar-refractivity contribution >= 4 is 18.3 Å². The number of halogens is 1. The van der Waals surface area contributed by atoms with Crippen molar-refractivity contribution in [3.05, 3.63) is 29.8 Å². The molecule has 2 rings (SSSR count). The molecule has 0 aliphatic carbocycles. The number of carbonyl (C=O) groups is 1. The van der Waals surface area contributed by atoms with Gasteiger partial charge < -0.3 is 20.1 Å². The van der Waals surface area contributed by atoms with Gasteiger partial charge in [0.15, 0.2) is 0 Å². The van der Waals surface area contributed by atoms with E-state index < -0.39 is 6.10 Å². The fourth-order valence-electron chi connectivity index (χ4n) is 2.48. The first-order chi connectivity index (χ1) is 9.61. The number of hydrogen-bond donors (Lipinski definition) is 2. The molecule has 1 aromatic carbocycles. The van der Waals surface area contributed by atoms with E-state index in [4.69, 9.17) is 4.74 Å². The highest BCUT2D eigenvalue weighted by molar-refractivity contribution is 5.85. The number of benzene rings is 1. The third-order valence-corrected chi connectivity index (χ3v) is 3.69. The Kier molecular flexibility index (Phi) is 6.95. The van der Waals surface area contributed by atoms with E-state index in [2.05, 4.69) is 5.32 Å². The highest BCUT2D eigenvalue weighted by Crippen LogP contribution is 2.18. The van der Waals surface area contributed by atoms with Crippen LogP contribution in [0.1, 0.15) is 12.0 Å². The Bertz CT molecular complexity index is 470. The molecule has 0 aromatic heterocycles. The normalized spacial score (nSPS) is 20.7. The van der Waals surface area contributed by atoms with Gasteiger partial charge in [-0.2, -0.15) is 0 Å². The fourth-order valence-corrected chi connectivity index (χ4v) is 2.48. The van der Waals surface area contributed by atoms with Gasteiger partial charge >= 0.3 is 0 Å². The molecule has 21 heavy (non-hydrogen) atoms. The summed E-state index contributed by atoms with van der Waals surface area (Å²) in [5, 5.41) is 12.5. The zero-order valence-corrected chi connectivity index (χ0v) is 13.2. The first-order valence-corrected chi connectivity index (χ1v) is 6.90. The first-order valence-electron chi connectivity index (χ1n) is 6.90. The molecule has 6 heteroatoms. The molecule has 0 saturated carbocycles. The van der Waals surface area contributed by atoms with Crippen LogP contribution in [0.3, 0.4) is 0 Å². The molecule has 1 amide bonds. The number of likely N-dealkylation sites (N-methyl/N-ethyl adjacent to an activating group) is 1. The number of β-amino-alcohol motifs (C(OH)–C–C–N with tert-alkyl or cyclic N) is 1. The van der Waals surface area contributed by atoms with E-state index in [9.17, 15) is 9.90 Å². The third-order valence-electron chi connectivity index (χ3n) is 3.69. The van der Waals surface area contributed by atoms with Crippen molar-refractivity contribution in [1.29, 1.82) is 0 Å². The van der Waals surface area contributed by atoms with Crippen molar-refractivity contribution in [1.82, 2.24) is 10.2 Å². The van der Waals surface area contributed by atoms with Crippen molar-refractivity contribution in [2.24, 2.45) is 0 Å². The number of aliphatic hydroxyl groups is 1. The van der Waals surface area contributed by atoms with Gasteiger partial charge in [0.1, 0.15) is 5.75 Å². The van der Waals surface area contributed by atoms with Crippen LogP contribution in [0.5, 0.6) is 5.75 Å². The molecule has 1 heterocycles. The van der Waals surface area contributed by atoms with E-state index in [-0.39, 0.29) is 24.4 Å².